The molecule has 6 nitrogen and oxygen atoms in total. The van der Waals surface area contributed by atoms with Crippen molar-refractivity contribution < 1.29 is 13.2 Å². The smallest absolute Gasteiger partial charge is 0.243 e. The van der Waals surface area contributed by atoms with Crippen LogP contribution in [-0.2, 0) is 14.8 Å². The average molecular weight is 375 g/mol. The number of sulfonamides is 1. The quantitative estimate of drug-likeness (QED) is 0.811. The summed E-state index contributed by atoms with van der Waals surface area (Å²) in [6.07, 6.45) is 2.83. The van der Waals surface area contributed by atoms with Gasteiger partial charge in [0.25, 0.3) is 0 Å². The van der Waals surface area contributed by atoms with Crippen molar-refractivity contribution in [2.45, 2.75) is 37.5 Å². The van der Waals surface area contributed by atoms with Crippen molar-refractivity contribution in [2.24, 2.45) is 11.8 Å². The Balaban J connectivity index is 1.68. The van der Waals surface area contributed by atoms with E-state index in [0.717, 1.165) is 12.0 Å². The van der Waals surface area contributed by atoms with Crippen molar-refractivity contribution in [2.75, 3.05) is 26.2 Å². The second-order valence-electron chi connectivity index (χ2n) is 7.24. The third-order valence-electron chi connectivity index (χ3n) is 5.38. The van der Waals surface area contributed by atoms with Crippen molar-refractivity contribution in [3.63, 3.8) is 0 Å². The van der Waals surface area contributed by atoms with Gasteiger partial charge in [-0.1, -0.05) is 17.7 Å². The lowest BCUT2D eigenvalue weighted by Crippen LogP contribution is -2.48. The molecule has 0 bridgehead atoms. The van der Waals surface area contributed by atoms with Gasteiger partial charge in [-0.2, -0.15) is 9.57 Å². The van der Waals surface area contributed by atoms with Gasteiger partial charge in [0, 0.05) is 32.1 Å². The first-order valence-electron chi connectivity index (χ1n) is 9.17. The molecule has 3 rings (SSSR count). The molecular weight excluding hydrogens is 350 g/mol. The minimum absolute atomic E-state index is 0.0313. The van der Waals surface area contributed by atoms with Gasteiger partial charge in [-0.05, 0) is 44.7 Å². The SMILES string of the molecule is Cc1ccc(S(=O)(=O)N2CCCC(C(=O)N3CCC(C#N)CC3)C2)cc1. The van der Waals surface area contributed by atoms with Crippen LogP contribution in [0.1, 0.15) is 31.2 Å². The summed E-state index contributed by atoms with van der Waals surface area (Å²) >= 11 is 0. The summed E-state index contributed by atoms with van der Waals surface area (Å²) in [5, 5.41) is 8.99. The number of benzene rings is 1. The van der Waals surface area contributed by atoms with Gasteiger partial charge in [-0.25, -0.2) is 8.42 Å². The third kappa shape index (κ3) is 3.92. The highest BCUT2D eigenvalue weighted by molar-refractivity contribution is 7.89. The number of hydrogen-bond acceptors (Lipinski definition) is 4. The Morgan fingerprint density at radius 2 is 1.77 bits per heavy atom. The van der Waals surface area contributed by atoms with Gasteiger partial charge in [0.2, 0.25) is 15.9 Å². The predicted octanol–water partition coefficient (Wildman–Crippen LogP) is 2.16. The molecule has 2 aliphatic rings. The number of piperidine rings is 2. The Hall–Kier alpha value is -1.91. The molecule has 140 valence electrons. The minimum atomic E-state index is -3.57. The Morgan fingerprint density at radius 3 is 2.38 bits per heavy atom. The fourth-order valence-electron chi connectivity index (χ4n) is 3.71. The molecule has 7 heteroatoms. The van der Waals surface area contributed by atoms with Crippen molar-refractivity contribution >= 4 is 15.9 Å². The van der Waals surface area contributed by atoms with Crippen LogP contribution in [0.3, 0.4) is 0 Å². The normalized spacial score (nSPS) is 22.8. The van der Waals surface area contributed by atoms with Gasteiger partial charge in [0.1, 0.15) is 0 Å². The molecule has 1 amide bonds. The number of likely N-dealkylation sites (tertiary alicyclic amines) is 1. The molecule has 1 aromatic rings. The van der Waals surface area contributed by atoms with Gasteiger partial charge in [-0.15, -0.1) is 0 Å². The zero-order chi connectivity index (χ0) is 18.7. The van der Waals surface area contributed by atoms with Crippen LogP contribution in [0.2, 0.25) is 0 Å². The molecule has 1 atom stereocenters. The number of nitrogens with zero attached hydrogens (tertiary/aromatic N) is 3. The van der Waals surface area contributed by atoms with E-state index >= 15 is 0 Å². The molecule has 1 aromatic carbocycles. The van der Waals surface area contributed by atoms with Crippen molar-refractivity contribution in [1.29, 1.82) is 5.26 Å². The number of amides is 1. The summed E-state index contributed by atoms with van der Waals surface area (Å²) < 4.78 is 27.2. The molecule has 2 fully saturated rings. The number of aryl methyl sites for hydroxylation is 1. The fraction of sp³-hybridized carbons (Fsp3) is 0.579. The van der Waals surface area contributed by atoms with Crippen molar-refractivity contribution in [3.8, 4) is 6.07 Å². The Labute approximate surface area is 155 Å². The first-order chi connectivity index (χ1) is 12.4. The van der Waals surface area contributed by atoms with E-state index in [0.29, 0.717) is 38.9 Å². The number of nitriles is 1. The van der Waals surface area contributed by atoms with Gasteiger partial charge >= 0.3 is 0 Å². The van der Waals surface area contributed by atoms with Crippen LogP contribution in [0.25, 0.3) is 0 Å². The van der Waals surface area contributed by atoms with E-state index in [2.05, 4.69) is 6.07 Å². The maximum absolute atomic E-state index is 12.9. The molecule has 0 aliphatic carbocycles. The van der Waals surface area contributed by atoms with Crippen LogP contribution in [0.4, 0.5) is 0 Å². The van der Waals surface area contributed by atoms with Gasteiger partial charge in [0.15, 0.2) is 0 Å². The fourth-order valence-corrected chi connectivity index (χ4v) is 5.23. The highest BCUT2D eigenvalue weighted by Gasteiger charge is 2.35. The van der Waals surface area contributed by atoms with E-state index < -0.39 is 10.0 Å². The summed E-state index contributed by atoms with van der Waals surface area (Å²) in [6.45, 7) is 3.81. The van der Waals surface area contributed by atoms with Crippen LogP contribution in [0.5, 0.6) is 0 Å². The number of carbonyl (C=O) groups is 1. The molecule has 2 saturated heterocycles. The van der Waals surface area contributed by atoms with Gasteiger partial charge in [-0.3, -0.25) is 4.79 Å². The van der Waals surface area contributed by atoms with E-state index in [4.69, 9.17) is 5.26 Å². The Kier molecular flexibility index (Phi) is 5.64. The van der Waals surface area contributed by atoms with Crippen LogP contribution < -0.4 is 0 Å². The first kappa shape index (κ1) is 18.9. The maximum Gasteiger partial charge on any atom is 0.243 e. The molecule has 2 heterocycles. The topological polar surface area (TPSA) is 81.5 Å². The lowest BCUT2D eigenvalue weighted by atomic mass is 9.94. The highest BCUT2D eigenvalue weighted by atomic mass is 32.2. The van der Waals surface area contributed by atoms with E-state index in [1.54, 1.807) is 29.2 Å². The van der Waals surface area contributed by atoms with E-state index in [-0.39, 0.29) is 29.2 Å². The molecule has 0 radical (unpaired) electrons. The predicted molar refractivity (Wildman–Crippen MR) is 97.6 cm³/mol. The van der Waals surface area contributed by atoms with Crippen molar-refractivity contribution in [3.05, 3.63) is 29.8 Å². The molecule has 0 N–H and O–H groups in total. The summed E-state index contributed by atoms with van der Waals surface area (Å²) in [4.78, 5) is 14.9. The number of rotatable bonds is 3. The first-order valence-corrected chi connectivity index (χ1v) is 10.6. The molecule has 1 unspecified atom stereocenters. The zero-order valence-electron chi connectivity index (χ0n) is 15.1. The van der Waals surface area contributed by atoms with Crippen molar-refractivity contribution in [1.82, 2.24) is 9.21 Å². The standard InChI is InChI=1S/C19H25N3O3S/c1-15-4-6-18(7-5-15)26(24,25)22-10-2-3-17(14-22)19(23)21-11-8-16(13-20)9-12-21/h4-7,16-17H,2-3,8-12,14H2,1H3. The third-order valence-corrected chi connectivity index (χ3v) is 7.26. The minimum Gasteiger partial charge on any atom is -0.342 e. The van der Waals surface area contributed by atoms with E-state index in [1.165, 1.54) is 4.31 Å². The monoisotopic (exact) mass is 375 g/mol. The second-order valence-corrected chi connectivity index (χ2v) is 9.18. The maximum atomic E-state index is 12.9. The molecule has 0 aromatic heterocycles. The van der Waals surface area contributed by atoms with Crippen LogP contribution in [-0.4, -0.2) is 49.7 Å². The Bertz CT molecular complexity index is 790. The molecule has 0 spiro atoms. The lowest BCUT2D eigenvalue weighted by molar-refractivity contribution is -0.137. The van der Waals surface area contributed by atoms with E-state index in [9.17, 15) is 13.2 Å². The van der Waals surface area contributed by atoms with E-state index in [1.807, 2.05) is 6.92 Å². The second kappa shape index (κ2) is 7.77. The zero-order valence-corrected chi connectivity index (χ0v) is 15.9. The molecule has 2 aliphatic heterocycles. The molecular formula is C19H25N3O3S. The summed E-state index contributed by atoms with van der Waals surface area (Å²) in [7, 11) is -3.57. The number of hydrogen-bond donors (Lipinski definition) is 0. The summed E-state index contributed by atoms with van der Waals surface area (Å²) in [5.74, 6) is -0.225. The highest BCUT2D eigenvalue weighted by Crippen LogP contribution is 2.26. The van der Waals surface area contributed by atoms with Crippen LogP contribution in [0.15, 0.2) is 29.2 Å². The van der Waals surface area contributed by atoms with Gasteiger partial charge in [0.05, 0.1) is 16.9 Å². The largest absolute Gasteiger partial charge is 0.342 e. The average Bonchev–Trinajstić information content (AvgIpc) is 2.68. The number of carbonyl (C=O) groups excluding carboxylic acids is 1. The van der Waals surface area contributed by atoms with Gasteiger partial charge < -0.3 is 4.90 Å². The van der Waals surface area contributed by atoms with Crippen LogP contribution in [0, 0.1) is 30.1 Å². The Morgan fingerprint density at radius 1 is 1.12 bits per heavy atom. The lowest BCUT2D eigenvalue weighted by Gasteiger charge is -2.36. The molecule has 0 saturated carbocycles. The molecule has 26 heavy (non-hydrogen) atoms. The summed E-state index contributed by atoms with van der Waals surface area (Å²) in [5.41, 5.74) is 1.01. The van der Waals surface area contributed by atoms with Crippen LogP contribution >= 0.6 is 0 Å². The summed E-state index contributed by atoms with van der Waals surface area (Å²) in [6, 6.07) is 9.10.